The number of ether oxygens (including phenoxy) is 2. The molecule has 1 aromatic rings. The molecule has 3 heteroatoms. The van der Waals surface area contributed by atoms with Crippen LogP contribution in [0.1, 0.15) is 12.8 Å². The third-order valence-corrected chi connectivity index (χ3v) is 2.68. The van der Waals surface area contributed by atoms with Crippen LogP contribution >= 0.6 is 0 Å². The van der Waals surface area contributed by atoms with Crippen molar-refractivity contribution < 1.29 is 9.47 Å². The fourth-order valence-electron chi connectivity index (χ4n) is 1.53. The van der Waals surface area contributed by atoms with Gasteiger partial charge in [0.2, 0.25) is 0 Å². The van der Waals surface area contributed by atoms with Crippen LogP contribution in [0.25, 0.3) is 0 Å². The number of benzene rings is 1. The van der Waals surface area contributed by atoms with Gasteiger partial charge in [0.05, 0.1) is 19.9 Å². The molecule has 0 bridgehead atoms. The van der Waals surface area contributed by atoms with E-state index in [1.165, 1.54) is 12.8 Å². The zero-order valence-electron chi connectivity index (χ0n) is 9.25. The molecule has 0 heterocycles. The first kappa shape index (κ1) is 10.1. The predicted molar refractivity (Wildman–Crippen MR) is 60.8 cm³/mol. The monoisotopic (exact) mass is 207 g/mol. The van der Waals surface area contributed by atoms with Crippen LogP contribution in [0.5, 0.6) is 11.5 Å². The number of hydrogen-bond donors (Lipinski definition) is 1. The Kier molecular flexibility index (Phi) is 2.99. The minimum absolute atomic E-state index is 0.848. The van der Waals surface area contributed by atoms with Crippen molar-refractivity contribution in [3.63, 3.8) is 0 Å². The Bertz CT molecular complexity index is 334. The normalized spacial score (nSPS) is 14.8. The Labute approximate surface area is 90.4 Å². The Morgan fingerprint density at radius 2 is 2.07 bits per heavy atom. The van der Waals surface area contributed by atoms with E-state index in [1.54, 1.807) is 14.2 Å². The van der Waals surface area contributed by atoms with Gasteiger partial charge >= 0.3 is 0 Å². The first-order valence-electron chi connectivity index (χ1n) is 5.29. The fraction of sp³-hybridized carbons (Fsp3) is 0.500. The lowest BCUT2D eigenvalue weighted by molar-refractivity contribution is 0.404. The van der Waals surface area contributed by atoms with Crippen LogP contribution in [0.2, 0.25) is 0 Å². The molecule has 82 valence electrons. The molecule has 1 fully saturated rings. The third-order valence-electron chi connectivity index (χ3n) is 2.68. The Hall–Kier alpha value is -1.38. The van der Waals surface area contributed by atoms with Crippen molar-refractivity contribution in [2.75, 3.05) is 26.1 Å². The van der Waals surface area contributed by atoms with Crippen molar-refractivity contribution in [3.05, 3.63) is 18.2 Å². The maximum Gasteiger partial charge on any atom is 0.142 e. The van der Waals surface area contributed by atoms with Gasteiger partial charge in [-0.15, -0.1) is 0 Å². The Balaban J connectivity index is 2.08. The minimum atomic E-state index is 0.848. The zero-order valence-corrected chi connectivity index (χ0v) is 9.25. The second kappa shape index (κ2) is 4.43. The van der Waals surface area contributed by atoms with Gasteiger partial charge in [-0.1, -0.05) is 0 Å². The highest BCUT2D eigenvalue weighted by molar-refractivity contribution is 5.59. The van der Waals surface area contributed by atoms with E-state index in [4.69, 9.17) is 9.47 Å². The summed E-state index contributed by atoms with van der Waals surface area (Å²) in [4.78, 5) is 0. The van der Waals surface area contributed by atoms with Gasteiger partial charge in [-0.25, -0.2) is 0 Å². The van der Waals surface area contributed by atoms with E-state index in [2.05, 4.69) is 5.32 Å². The summed E-state index contributed by atoms with van der Waals surface area (Å²) in [5.74, 6) is 2.58. The molecule has 0 spiro atoms. The standard InChI is InChI=1S/C12H17NO2/c1-14-10-5-6-12(15-2)11(7-10)13-8-9-3-4-9/h5-7,9,13H,3-4,8H2,1-2H3. The summed E-state index contributed by atoms with van der Waals surface area (Å²) in [6.07, 6.45) is 2.69. The largest absolute Gasteiger partial charge is 0.497 e. The lowest BCUT2D eigenvalue weighted by Gasteiger charge is -2.12. The van der Waals surface area contributed by atoms with Crippen LogP contribution in [0.4, 0.5) is 5.69 Å². The van der Waals surface area contributed by atoms with Gasteiger partial charge in [0, 0.05) is 12.6 Å². The smallest absolute Gasteiger partial charge is 0.142 e. The summed E-state index contributed by atoms with van der Waals surface area (Å²) in [5, 5.41) is 3.40. The molecule has 1 N–H and O–H groups in total. The zero-order chi connectivity index (χ0) is 10.7. The SMILES string of the molecule is COc1ccc(OC)c(NCC2CC2)c1. The lowest BCUT2D eigenvalue weighted by Crippen LogP contribution is -2.04. The van der Waals surface area contributed by atoms with Crippen molar-refractivity contribution in [1.29, 1.82) is 0 Å². The van der Waals surface area contributed by atoms with Crippen LogP contribution in [0.15, 0.2) is 18.2 Å². The maximum absolute atomic E-state index is 5.28. The highest BCUT2D eigenvalue weighted by atomic mass is 16.5. The second-order valence-electron chi connectivity index (χ2n) is 3.89. The Morgan fingerprint density at radius 1 is 1.27 bits per heavy atom. The van der Waals surface area contributed by atoms with Crippen LogP contribution in [-0.2, 0) is 0 Å². The molecule has 0 aliphatic heterocycles. The Morgan fingerprint density at radius 3 is 2.67 bits per heavy atom. The van der Waals surface area contributed by atoms with Gasteiger partial charge in [0.15, 0.2) is 0 Å². The maximum atomic E-state index is 5.28. The molecule has 3 nitrogen and oxygen atoms in total. The topological polar surface area (TPSA) is 30.5 Å². The molecule has 15 heavy (non-hydrogen) atoms. The quantitative estimate of drug-likeness (QED) is 0.804. The van der Waals surface area contributed by atoms with E-state index in [0.717, 1.165) is 29.6 Å². The summed E-state index contributed by atoms with van der Waals surface area (Å²) in [5.41, 5.74) is 1.02. The summed E-state index contributed by atoms with van der Waals surface area (Å²) < 4.78 is 10.5. The fourth-order valence-corrected chi connectivity index (χ4v) is 1.53. The van der Waals surface area contributed by atoms with Gasteiger partial charge in [-0.05, 0) is 30.9 Å². The van der Waals surface area contributed by atoms with E-state index < -0.39 is 0 Å². The molecular formula is C12H17NO2. The molecule has 0 radical (unpaired) electrons. The second-order valence-corrected chi connectivity index (χ2v) is 3.89. The van der Waals surface area contributed by atoms with E-state index in [-0.39, 0.29) is 0 Å². The predicted octanol–water partition coefficient (Wildman–Crippen LogP) is 2.53. The van der Waals surface area contributed by atoms with Crippen molar-refractivity contribution in [2.24, 2.45) is 5.92 Å². The molecule has 0 unspecified atom stereocenters. The molecule has 1 aromatic carbocycles. The third kappa shape index (κ3) is 2.55. The van der Waals surface area contributed by atoms with Crippen molar-refractivity contribution in [3.8, 4) is 11.5 Å². The highest BCUT2D eigenvalue weighted by Crippen LogP contribution is 2.32. The van der Waals surface area contributed by atoms with Gasteiger partial charge in [-0.2, -0.15) is 0 Å². The van der Waals surface area contributed by atoms with Crippen molar-refractivity contribution in [1.82, 2.24) is 0 Å². The molecule has 0 saturated heterocycles. The molecular weight excluding hydrogens is 190 g/mol. The van der Waals surface area contributed by atoms with E-state index in [0.29, 0.717) is 0 Å². The van der Waals surface area contributed by atoms with Crippen molar-refractivity contribution in [2.45, 2.75) is 12.8 Å². The van der Waals surface area contributed by atoms with Crippen molar-refractivity contribution >= 4 is 5.69 Å². The first-order valence-corrected chi connectivity index (χ1v) is 5.29. The van der Waals surface area contributed by atoms with Gasteiger partial charge in [0.25, 0.3) is 0 Å². The molecule has 2 rings (SSSR count). The summed E-state index contributed by atoms with van der Waals surface area (Å²) in [7, 11) is 3.36. The molecule has 0 amide bonds. The van der Waals surface area contributed by atoms with E-state index >= 15 is 0 Å². The lowest BCUT2D eigenvalue weighted by atomic mass is 10.2. The number of methoxy groups -OCH3 is 2. The summed E-state index contributed by atoms with van der Waals surface area (Å²) >= 11 is 0. The minimum Gasteiger partial charge on any atom is -0.497 e. The molecule has 0 atom stereocenters. The van der Waals surface area contributed by atoms with Crippen LogP contribution in [-0.4, -0.2) is 20.8 Å². The highest BCUT2D eigenvalue weighted by Gasteiger charge is 2.21. The number of anilines is 1. The molecule has 1 aliphatic rings. The molecule has 1 aliphatic carbocycles. The molecule has 1 saturated carbocycles. The van der Waals surface area contributed by atoms with Gasteiger partial charge in [0.1, 0.15) is 11.5 Å². The molecule has 0 aromatic heterocycles. The van der Waals surface area contributed by atoms with E-state index in [9.17, 15) is 0 Å². The first-order chi connectivity index (χ1) is 7.33. The average molecular weight is 207 g/mol. The number of rotatable bonds is 5. The van der Waals surface area contributed by atoms with E-state index in [1.807, 2.05) is 18.2 Å². The summed E-state index contributed by atoms with van der Waals surface area (Å²) in [6.45, 7) is 1.03. The number of nitrogens with one attached hydrogen (secondary N) is 1. The van der Waals surface area contributed by atoms with Crippen LogP contribution < -0.4 is 14.8 Å². The summed E-state index contributed by atoms with van der Waals surface area (Å²) in [6, 6.07) is 5.80. The van der Waals surface area contributed by atoms with Gasteiger partial charge < -0.3 is 14.8 Å². The average Bonchev–Trinajstić information content (AvgIpc) is 3.09. The van der Waals surface area contributed by atoms with Crippen LogP contribution in [0.3, 0.4) is 0 Å². The van der Waals surface area contributed by atoms with Crippen LogP contribution in [0, 0.1) is 5.92 Å². The van der Waals surface area contributed by atoms with Gasteiger partial charge in [-0.3, -0.25) is 0 Å². The number of hydrogen-bond acceptors (Lipinski definition) is 3.